The first kappa shape index (κ1) is 19.5. The van der Waals surface area contributed by atoms with E-state index in [4.69, 9.17) is 38.9 Å². The molecule has 0 amide bonds. The second-order valence-electron chi connectivity index (χ2n) is 5.80. The van der Waals surface area contributed by atoms with Gasteiger partial charge in [-0.05, 0) is 44.3 Å². The zero-order chi connectivity index (χ0) is 19.1. The summed E-state index contributed by atoms with van der Waals surface area (Å²) >= 11 is 4.77. The predicted molar refractivity (Wildman–Crippen MR) is 108 cm³/mol. The molecular weight excluding hydrogens is 350 g/mol. The number of rotatable bonds is 7. The molecule has 0 aliphatic rings. The highest BCUT2D eigenvalue weighted by Crippen LogP contribution is 2.32. The van der Waals surface area contributed by atoms with Gasteiger partial charge in [0.25, 0.3) is 0 Å². The van der Waals surface area contributed by atoms with E-state index in [0.717, 1.165) is 5.69 Å². The molecule has 138 valence electrons. The van der Waals surface area contributed by atoms with Gasteiger partial charge in [-0.3, -0.25) is 4.98 Å². The Kier molecular flexibility index (Phi) is 6.74. The molecule has 0 fully saturated rings. The Morgan fingerprint density at radius 2 is 2.04 bits per heavy atom. The van der Waals surface area contributed by atoms with Crippen molar-refractivity contribution in [2.24, 2.45) is 16.5 Å². The molecule has 0 atom stereocenters. The minimum atomic E-state index is -0.0744. The Hall–Kier alpha value is -2.87. The molecule has 2 aromatic rings. The van der Waals surface area contributed by atoms with Gasteiger partial charge in [-0.25, -0.2) is 4.99 Å². The lowest BCUT2D eigenvalue weighted by Crippen LogP contribution is -2.20. The summed E-state index contributed by atoms with van der Waals surface area (Å²) in [7, 11) is 0. The van der Waals surface area contributed by atoms with E-state index >= 15 is 0 Å². The van der Waals surface area contributed by atoms with E-state index in [2.05, 4.69) is 9.98 Å². The number of hydrogen-bond donors (Lipinski definition) is 3. The van der Waals surface area contributed by atoms with E-state index in [1.807, 2.05) is 32.0 Å². The fourth-order valence-corrected chi connectivity index (χ4v) is 2.36. The van der Waals surface area contributed by atoms with Crippen molar-refractivity contribution >= 4 is 28.9 Å². The molecule has 7 nitrogen and oxygen atoms in total. The van der Waals surface area contributed by atoms with E-state index in [-0.39, 0.29) is 17.1 Å². The fraction of sp³-hybridized carbons (Fsp3) is 0.278. The van der Waals surface area contributed by atoms with Crippen molar-refractivity contribution < 1.29 is 9.47 Å². The van der Waals surface area contributed by atoms with Gasteiger partial charge in [0.05, 0.1) is 18.4 Å². The normalized spacial score (nSPS) is 11.4. The summed E-state index contributed by atoms with van der Waals surface area (Å²) in [5, 5.41) is -0.0744. The Morgan fingerprint density at radius 3 is 2.65 bits per heavy atom. The number of aliphatic imine (C=N–C) groups is 1. The second-order valence-corrected chi connectivity index (χ2v) is 6.22. The minimum absolute atomic E-state index is 0.0263. The highest BCUT2D eigenvalue weighted by atomic mass is 32.1. The summed E-state index contributed by atoms with van der Waals surface area (Å²) in [5.74, 6) is 1.13. The van der Waals surface area contributed by atoms with Crippen LogP contribution in [-0.2, 0) is 6.42 Å². The van der Waals surface area contributed by atoms with Gasteiger partial charge in [0.15, 0.2) is 5.11 Å². The SMILES string of the molecule is CC(C)Oc1cc(OCCc2ccccn2)c(N)c(/C(N)=N/C(N)=S)c1. The number of nitrogen functional groups attached to an aromatic ring is 1. The molecule has 8 heteroatoms. The smallest absolute Gasteiger partial charge is 0.192 e. The fourth-order valence-electron chi connectivity index (χ4n) is 2.26. The van der Waals surface area contributed by atoms with Gasteiger partial charge in [0.1, 0.15) is 17.3 Å². The quantitative estimate of drug-likeness (QED) is 0.294. The van der Waals surface area contributed by atoms with E-state index in [9.17, 15) is 0 Å². The van der Waals surface area contributed by atoms with Crippen LogP contribution < -0.4 is 26.7 Å². The maximum absolute atomic E-state index is 6.20. The third-order valence-electron chi connectivity index (χ3n) is 3.34. The molecule has 26 heavy (non-hydrogen) atoms. The summed E-state index contributed by atoms with van der Waals surface area (Å²) in [5.41, 5.74) is 19.3. The van der Waals surface area contributed by atoms with E-state index in [1.165, 1.54) is 0 Å². The van der Waals surface area contributed by atoms with E-state index < -0.39 is 0 Å². The Bertz CT molecular complexity index is 794. The third-order valence-corrected chi connectivity index (χ3v) is 3.43. The number of hydrogen-bond acceptors (Lipinski definition) is 5. The molecule has 0 aliphatic carbocycles. The molecular formula is C18H23N5O2S. The summed E-state index contributed by atoms with van der Waals surface area (Å²) in [6, 6.07) is 9.15. The lowest BCUT2D eigenvalue weighted by Gasteiger charge is -2.17. The van der Waals surface area contributed by atoms with Gasteiger partial charge >= 0.3 is 0 Å². The van der Waals surface area contributed by atoms with Crippen molar-refractivity contribution in [1.82, 2.24) is 4.98 Å². The number of amidine groups is 1. The molecule has 0 aliphatic heterocycles. The number of nitrogens with zero attached hydrogens (tertiary/aromatic N) is 2. The summed E-state index contributed by atoms with van der Waals surface area (Å²) in [4.78, 5) is 8.16. The first-order valence-corrected chi connectivity index (χ1v) is 8.54. The van der Waals surface area contributed by atoms with Crippen molar-refractivity contribution in [2.75, 3.05) is 12.3 Å². The van der Waals surface area contributed by atoms with Gasteiger partial charge in [-0.2, -0.15) is 0 Å². The highest BCUT2D eigenvalue weighted by Gasteiger charge is 2.14. The van der Waals surface area contributed by atoms with Crippen molar-refractivity contribution in [1.29, 1.82) is 0 Å². The van der Waals surface area contributed by atoms with Crippen molar-refractivity contribution in [3.63, 3.8) is 0 Å². The molecule has 2 rings (SSSR count). The van der Waals surface area contributed by atoms with Gasteiger partial charge in [0.2, 0.25) is 0 Å². The van der Waals surface area contributed by atoms with Gasteiger partial charge in [0, 0.05) is 29.9 Å². The number of anilines is 1. The summed E-state index contributed by atoms with van der Waals surface area (Å²) in [6.45, 7) is 4.24. The maximum atomic E-state index is 6.20. The highest BCUT2D eigenvalue weighted by molar-refractivity contribution is 7.80. The number of aromatic nitrogens is 1. The largest absolute Gasteiger partial charge is 0.491 e. The zero-order valence-electron chi connectivity index (χ0n) is 14.8. The van der Waals surface area contributed by atoms with Crippen LogP contribution in [0.1, 0.15) is 25.1 Å². The predicted octanol–water partition coefficient (Wildman–Crippen LogP) is 2.02. The molecule has 0 spiro atoms. The van der Waals surface area contributed by atoms with Gasteiger partial charge < -0.3 is 26.7 Å². The zero-order valence-corrected chi connectivity index (χ0v) is 15.6. The van der Waals surface area contributed by atoms with Crippen LogP contribution in [0, 0.1) is 0 Å². The summed E-state index contributed by atoms with van der Waals surface area (Å²) in [6.07, 6.45) is 2.36. The molecule has 1 aromatic carbocycles. The lowest BCUT2D eigenvalue weighted by atomic mass is 10.1. The van der Waals surface area contributed by atoms with Crippen molar-refractivity contribution in [3.05, 3.63) is 47.8 Å². The van der Waals surface area contributed by atoms with Crippen LogP contribution in [0.15, 0.2) is 41.5 Å². The average Bonchev–Trinajstić information content (AvgIpc) is 2.57. The molecule has 0 unspecified atom stereocenters. The maximum Gasteiger partial charge on any atom is 0.192 e. The number of ether oxygens (including phenoxy) is 2. The molecule has 6 N–H and O–H groups in total. The van der Waals surface area contributed by atoms with Gasteiger partial charge in [-0.15, -0.1) is 0 Å². The average molecular weight is 373 g/mol. The number of pyridine rings is 1. The Balaban J connectivity index is 2.26. The van der Waals surface area contributed by atoms with Crippen LogP contribution in [0.4, 0.5) is 5.69 Å². The second kappa shape index (κ2) is 9.00. The van der Waals surface area contributed by atoms with Crippen LogP contribution in [0.3, 0.4) is 0 Å². The topological polar surface area (TPSA) is 122 Å². The molecule has 1 aromatic heterocycles. The summed E-state index contributed by atoms with van der Waals surface area (Å²) < 4.78 is 11.6. The van der Waals surface area contributed by atoms with Crippen molar-refractivity contribution in [3.8, 4) is 11.5 Å². The number of benzene rings is 1. The van der Waals surface area contributed by atoms with Crippen LogP contribution in [0.25, 0.3) is 0 Å². The van der Waals surface area contributed by atoms with Crippen LogP contribution in [0.2, 0.25) is 0 Å². The van der Waals surface area contributed by atoms with Crippen LogP contribution >= 0.6 is 12.2 Å². The van der Waals surface area contributed by atoms with Crippen LogP contribution in [-0.4, -0.2) is 28.6 Å². The van der Waals surface area contributed by atoms with E-state index in [1.54, 1.807) is 18.3 Å². The Morgan fingerprint density at radius 1 is 1.27 bits per heavy atom. The minimum Gasteiger partial charge on any atom is -0.491 e. The van der Waals surface area contributed by atoms with Crippen LogP contribution in [0.5, 0.6) is 11.5 Å². The first-order valence-electron chi connectivity index (χ1n) is 8.13. The number of nitrogens with two attached hydrogens (primary N) is 3. The lowest BCUT2D eigenvalue weighted by molar-refractivity contribution is 0.240. The van der Waals surface area contributed by atoms with E-state index in [0.29, 0.717) is 35.8 Å². The Labute approximate surface area is 158 Å². The first-order chi connectivity index (χ1) is 12.4. The molecule has 1 heterocycles. The molecule has 0 radical (unpaired) electrons. The molecule has 0 saturated heterocycles. The van der Waals surface area contributed by atoms with Gasteiger partial charge in [-0.1, -0.05) is 6.07 Å². The standard InChI is InChI=1S/C18H23N5O2S/c1-11(2)25-13-9-14(17(20)23-18(21)26)16(19)15(10-13)24-8-6-12-5-3-4-7-22-12/h3-5,7,9-11H,6,8,19H2,1-2H3,(H4,20,21,23,26). The monoisotopic (exact) mass is 373 g/mol. The van der Waals surface area contributed by atoms with Crippen molar-refractivity contribution in [2.45, 2.75) is 26.4 Å². The molecule has 0 saturated carbocycles. The third kappa shape index (κ3) is 5.59. The number of thiocarbonyl (C=S) groups is 1. The molecule has 0 bridgehead atoms.